The number of aliphatic imine (C=N–C) groups is 1. The first-order chi connectivity index (χ1) is 10.6. The predicted molar refractivity (Wildman–Crippen MR) is 84.6 cm³/mol. The Morgan fingerprint density at radius 2 is 2.18 bits per heavy atom. The maximum absolute atomic E-state index is 10.4. The average Bonchev–Trinajstić information content (AvgIpc) is 3.09. The first kappa shape index (κ1) is 15.3. The summed E-state index contributed by atoms with van der Waals surface area (Å²) in [7, 11) is 1.76. The van der Waals surface area contributed by atoms with Crippen molar-refractivity contribution < 1.29 is 5.11 Å². The molecule has 0 amide bonds. The minimum atomic E-state index is -0.583. The van der Waals surface area contributed by atoms with Crippen molar-refractivity contribution in [2.45, 2.75) is 63.6 Å². The van der Waals surface area contributed by atoms with Crippen LogP contribution in [0.4, 0.5) is 0 Å². The van der Waals surface area contributed by atoms with Gasteiger partial charge in [0, 0.05) is 20.1 Å². The molecule has 0 saturated heterocycles. The molecule has 3 N–H and O–H groups in total. The molecule has 2 aliphatic rings. The van der Waals surface area contributed by atoms with Crippen LogP contribution < -0.4 is 10.6 Å². The molecular weight excluding hydrogens is 280 g/mol. The number of aliphatic hydroxyl groups is 1. The van der Waals surface area contributed by atoms with E-state index in [0.717, 1.165) is 62.7 Å². The third kappa shape index (κ3) is 3.24. The highest BCUT2D eigenvalue weighted by Gasteiger charge is 2.31. The van der Waals surface area contributed by atoms with Gasteiger partial charge in [-0.05, 0) is 32.6 Å². The Morgan fingerprint density at radius 1 is 1.41 bits per heavy atom. The van der Waals surface area contributed by atoms with Crippen molar-refractivity contribution in [3.63, 3.8) is 0 Å². The molecule has 1 saturated carbocycles. The average molecular weight is 306 g/mol. The van der Waals surface area contributed by atoms with Crippen LogP contribution in [0.15, 0.2) is 4.99 Å². The first-order valence-corrected chi connectivity index (χ1v) is 8.20. The fourth-order valence-electron chi connectivity index (χ4n) is 3.42. The number of rotatable bonds is 3. The lowest BCUT2D eigenvalue weighted by Gasteiger charge is -2.27. The van der Waals surface area contributed by atoms with Crippen LogP contribution in [0.1, 0.15) is 56.2 Å². The Hall–Kier alpha value is -1.63. The topological polar surface area (TPSA) is 87.4 Å². The molecule has 122 valence electrons. The van der Waals surface area contributed by atoms with Crippen molar-refractivity contribution in [1.82, 2.24) is 25.4 Å². The highest BCUT2D eigenvalue weighted by atomic mass is 16.3. The molecule has 1 unspecified atom stereocenters. The number of nitrogens with one attached hydrogen (secondary N) is 2. The zero-order valence-corrected chi connectivity index (χ0v) is 13.5. The smallest absolute Gasteiger partial charge is 0.191 e. The molecule has 0 radical (unpaired) electrons. The molecule has 0 spiro atoms. The summed E-state index contributed by atoms with van der Waals surface area (Å²) in [6.07, 6.45) is 6.05. The maximum Gasteiger partial charge on any atom is 0.191 e. The van der Waals surface area contributed by atoms with E-state index in [0.29, 0.717) is 6.54 Å². The van der Waals surface area contributed by atoms with Crippen molar-refractivity contribution in [2.24, 2.45) is 4.99 Å². The van der Waals surface area contributed by atoms with Crippen molar-refractivity contribution in [1.29, 1.82) is 0 Å². The lowest BCUT2D eigenvalue weighted by Crippen LogP contribution is -2.47. The summed E-state index contributed by atoms with van der Waals surface area (Å²) in [5.41, 5.74) is -0.583. The van der Waals surface area contributed by atoms with Crippen molar-refractivity contribution >= 4 is 5.96 Å². The largest absolute Gasteiger partial charge is 0.388 e. The maximum atomic E-state index is 10.4. The van der Waals surface area contributed by atoms with Gasteiger partial charge in [0.25, 0.3) is 0 Å². The fourth-order valence-corrected chi connectivity index (χ4v) is 3.42. The third-order valence-electron chi connectivity index (χ3n) is 4.63. The second-order valence-corrected chi connectivity index (χ2v) is 6.44. The molecule has 0 bridgehead atoms. The molecule has 1 aliphatic heterocycles. The lowest BCUT2D eigenvalue weighted by molar-refractivity contribution is 0.0521. The van der Waals surface area contributed by atoms with Crippen LogP contribution in [0.25, 0.3) is 0 Å². The third-order valence-corrected chi connectivity index (χ3v) is 4.63. The quantitative estimate of drug-likeness (QED) is 0.570. The van der Waals surface area contributed by atoms with E-state index < -0.39 is 5.60 Å². The number of fused-ring (bicyclic) bond motifs is 1. The minimum absolute atomic E-state index is 0.124. The van der Waals surface area contributed by atoms with Gasteiger partial charge in [-0.15, -0.1) is 0 Å². The highest BCUT2D eigenvalue weighted by molar-refractivity contribution is 5.80. The Labute approximate surface area is 131 Å². The van der Waals surface area contributed by atoms with Crippen LogP contribution in [0, 0.1) is 6.92 Å². The fraction of sp³-hybridized carbons (Fsp3) is 0.800. The predicted octanol–water partition coefficient (Wildman–Crippen LogP) is 0.892. The Bertz CT molecular complexity index is 546. The van der Waals surface area contributed by atoms with Gasteiger partial charge in [0.2, 0.25) is 0 Å². The summed E-state index contributed by atoms with van der Waals surface area (Å²) in [5, 5.41) is 21.5. The van der Waals surface area contributed by atoms with Crippen molar-refractivity contribution in [2.75, 3.05) is 13.6 Å². The molecule has 1 aliphatic carbocycles. The Balaban J connectivity index is 1.61. The molecular formula is C15H26N6O. The normalized spacial score (nSPS) is 24.1. The van der Waals surface area contributed by atoms with Crippen molar-refractivity contribution in [3.05, 3.63) is 11.6 Å². The number of nitrogens with zero attached hydrogens (tertiary/aromatic N) is 4. The van der Waals surface area contributed by atoms with Crippen LogP contribution in [0.5, 0.6) is 0 Å². The molecule has 1 aromatic heterocycles. The van der Waals surface area contributed by atoms with Gasteiger partial charge >= 0.3 is 0 Å². The number of hydrogen-bond donors (Lipinski definition) is 3. The van der Waals surface area contributed by atoms with E-state index in [2.05, 4.69) is 25.7 Å². The van der Waals surface area contributed by atoms with Gasteiger partial charge in [0.15, 0.2) is 5.96 Å². The molecule has 1 atom stereocenters. The summed E-state index contributed by atoms with van der Waals surface area (Å²) in [6.45, 7) is 3.40. The molecule has 7 heteroatoms. The van der Waals surface area contributed by atoms with Gasteiger partial charge in [-0.3, -0.25) is 4.99 Å². The number of guanidine groups is 1. The number of aryl methyl sites for hydroxylation is 2. The van der Waals surface area contributed by atoms with E-state index >= 15 is 0 Å². The summed E-state index contributed by atoms with van der Waals surface area (Å²) in [6, 6.07) is 0.124. The molecule has 1 aromatic rings. The van der Waals surface area contributed by atoms with E-state index in [4.69, 9.17) is 0 Å². The number of aromatic nitrogens is 3. The van der Waals surface area contributed by atoms with Gasteiger partial charge in [-0.25, -0.2) is 9.67 Å². The monoisotopic (exact) mass is 306 g/mol. The minimum Gasteiger partial charge on any atom is -0.388 e. The van der Waals surface area contributed by atoms with Crippen molar-refractivity contribution in [3.8, 4) is 0 Å². The highest BCUT2D eigenvalue weighted by Crippen LogP contribution is 2.28. The Morgan fingerprint density at radius 3 is 2.91 bits per heavy atom. The van der Waals surface area contributed by atoms with E-state index in [1.165, 1.54) is 0 Å². The molecule has 2 heterocycles. The van der Waals surface area contributed by atoms with Crippen LogP contribution in [-0.2, 0) is 6.54 Å². The number of hydrogen-bond acceptors (Lipinski definition) is 4. The molecule has 0 aromatic carbocycles. The summed E-state index contributed by atoms with van der Waals surface area (Å²) < 4.78 is 1.98. The van der Waals surface area contributed by atoms with E-state index in [1.807, 2.05) is 11.6 Å². The first-order valence-electron chi connectivity index (χ1n) is 8.20. The zero-order valence-electron chi connectivity index (χ0n) is 13.5. The standard InChI is InChI=1S/C15H26N6O/c1-11-18-13-12(6-5-9-21(13)20-11)19-14(16-2)17-10-15(22)7-3-4-8-15/h12,22H,3-10H2,1-2H3,(H2,16,17,19). The van der Waals surface area contributed by atoms with E-state index in [9.17, 15) is 5.11 Å². The molecule has 3 rings (SSSR count). The Kier molecular flexibility index (Phi) is 4.33. The van der Waals surface area contributed by atoms with Crippen LogP contribution in [-0.4, -0.2) is 45.0 Å². The van der Waals surface area contributed by atoms with Crippen LogP contribution in [0.3, 0.4) is 0 Å². The van der Waals surface area contributed by atoms with Gasteiger partial charge in [-0.1, -0.05) is 12.8 Å². The van der Waals surface area contributed by atoms with Crippen LogP contribution in [0.2, 0.25) is 0 Å². The van der Waals surface area contributed by atoms with Gasteiger partial charge in [0.05, 0.1) is 11.6 Å². The summed E-state index contributed by atoms with van der Waals surface area (Å²) in [5.74, 6) is 2.51. The SMILES string of the molecule is CN=C(NCC1(O)CCCC1)NC1CCCn2nc(C)nc21. The van der Waals surface area contributed by atoms with Gasteiger partial charge in [0.1, 0.15) is 11.6 Å². The van der Waals surface area contributed by atoms with Crippen LogP contribution >= 0.6 is 0 Å². The molecule has 22 heavy (non-hydrogen) atoms. The van der Waals surface area contributed by atoms with E-state index in [-0.39, 0.29) is 6.04 Å². The van der Waals surface area contributed by atoms with E-state index in [1.54, 1.807) is 7.05 Å². The second kappa shape index (κ2) is 6.24. The summed E-state index contributed by atoms with van der Waals surface area (Å²) >= 11 is 0. The molecule has 1 fully saturated rings. The molecule has 7 nitrogen and oxygen atoms in total. The second-order valence-electron chi connectivity index (χ2n) is 6.44. The summed E-state index contributed by atoms with van der Waals surface area (Å²) in [4.78, 5) is 8.81. The lowest BCUT2D eigenvalue weighted by atomic mass is 10.0. The van der Waals surface area contributed by atoms with Gasteiger partial charge < -0.3 is 15.7 Å². The van der Waals surface area contributed by atoms with Gasteiger partial charge in [-0.2, -0.15) is 5.10 Å². The zero-order chi connectivity index (χ0) is 15.6.